The molecule has 1 unspecified atom stereocenters. The summed E-state index contributed by atoms with van der Waals surface area (Å²) in [6, 6.07) is -0.683. The van der Waals surface area contributed by atoms with Crippen molar-refractivity contribution < 1.29 is 19.5 Å². The highest BCUT2D eigenvalue weighted by atomic mass is 16.4. The molecule has 78 valence electrons. The van der Waals surface area contributed by atoms with Crippen molar-refractivity contribution in [1.82, 2.24) is 10.2 Å². The van der Waals surface area contributed by atoms with Gasteiger partial charge in [0.15, 0.2) is 0 Å². The van der Waals surface area contributed by atoms with Gasteiger partial charge in [0.1, 0.15) is 6.04 Å². The van der Waals surface area contributed by atoms with Crippen LogP contribution in [0.3, 0.4) is 0 Å². The van der Waals surface area contributed by atoms with Crippen molar-refractivity contribution in [2.75, 3.05) is 13.6 Å². The summed E-state index contributed by atoms with van der Waals surface area (Å²) in [5, 5.41) is 10.5. The summed E-state index contributed by atoms with van der Waals surface area (Å²) in [6.45, 7) is 0.651. The molecule has 2 amide bonds. The molecule has 1 rings (SSSR count). The number of carboxylic acids is 1. The molecule has 1 atom stereocenters. The Balaban J connectivity index is 2.55. The van der Waals surface area contributed by atoms with Gasteiger partial charge in [-0.15, -0.1) is 0 Å². The number of nitrogens with one attached hydrogen (secondary N) is 1. The molecule has 1 saturated heterocycles. The lowest BCUT2D eigenvalue weighted by molar-refractivity contribution is -0.151. The third kappa shape index (κ3) is 2.21. The van der Waals surface area contributed by atoms with Crippen LogP contribution in [-0.2, 0) is 14.4 Å². The van der Waals surface area contributed by atoms with E-state index in [1.165, 1.54) is 4.90 Å². The fraction of sp³-hybridized carbons (Fsp3) is 0.625. The Morgan fingerprint density at radius 2 is 2.21 bits per heavy atom. The molecular weight excluding hydrogens is 188 g/mol. The number of aliphatic carboxylic acids is 1. The summed E-state index contributed by atoms with van der Waals surface area (Å²) in [4.78, 5) is 33.9. The molecule has 0 aliphatic carbocycles. The van der Waals surface area contributed by atoms with Crippen molar-refractivity contribution in [1.29, 1.82) is 0 Å². The van der Waals surface area contributed by atoms with E-state index in [1.807, 2.05) is 0 Å². The molecule has 0 aromatic heterocycles. The lowest BCUT2D eigenvalue weighted by atomic mass is 10.1. The van der Waals surface area contributed by atoms with Gasteiger partial charge in [-0.1, -0.05) is 0 Å². The van der Waals surface area contributed by atoms with Crippen molar-refractivity contribution in [2.24, 2.45) is 0 Å². The number of nitrogens with zero attached hydrogens (tertiary/aromatic N) is 1. The standard InChI is InChI=1S/C8H12N2O4/c1-10-4-2-3-5(7(10)12)9-6(11)8(13)14/h5H,2-4H2,1H3,(H,9,11)(H,13,14). The number of hydrogen-bond acceptors (Lipinski definition) is 3. The molecule has 0 aromatic carbocycles. The Labute approximate surface area is 80.9 Å². The molecule has 0 saturated carbocycles. The van der Waals surface area contributed by atoms with E-state index >= 15 is 0 Å². The van der Waals surface area contributed by atoms with Gasteiger partial charge in [0.2, 0.25) is 5.91 Å². The zero-order valence-electron chi connectivity index (χ0n) is 7.82. The maximum atomic E-state index is 11.4. The smallest absolute Gasteiger partial charge is 0.394 e. The lowest BCUT2D eigenvalue weighted by Crippen LogP contribution is -2.52. The van der Waals surface area contributed by atoms with E-state index in [0.717, 1.165) is 6.42 Å². The zero-order valence-corrected chi connectivity index (χ0v) is 7.82. The minimum Gasteiger partial charge on any atom is -0.474 e. The molecule has 1 aliphatic rings. The maximum Gasteiger partial charge on any atom is 0.394 e. The maximum absolute atomic E-state index is 11.4. The molecule has 2 N–H and O–H groups in total. The molecule has 1 heterocycles. The highest BCUT2D eigenvalue weighted by Crippen LogP contribution is 2.09. The van der Waals surface area contributed by atoms with Crippen LogP contribution in [-0.4, -0.2) is 47.4 Å². The van der Waals surface area contributed by atoms with Crippen LogP contribution in [0.25, 0.3) is 0 Å². The predicted octanol–water partition coefficient (Wildman–Crippen LogP) is -1.19. The zero-order chi connectivity index (χ0) is 10.7. The van der Waals surface area contributed by atoms with Gasteiger partial charge >= 0.3 is 11.9 Å². The van der Waals surface area contributed by atoms with E-state index in [2.05, 4.69) is 5.32 Å². The van der Waals surface area contributed by atoms with Crippen LogP contribution < -0.4 is 5.32 Å². The molecule has 1 fully saturated rings. The van der Waals surface area contributed by atoms with Gasteiger partial charge in [-0.2, -0.15) is 0 Å². The number of carbonyl (C=O) groups excluding carboxylic acids is 2. The van der Waals surface area contributed by atoms with Crippen LogP contribution >= 0.6 is 0 Å². The van der Waals surface area contributed by atoms with Gasteiger partial charge in [-0.3, -0.25) is 9.59 Å². The van der Waals surface area contributed by atoms with Crippen molar-refractivity contribution in [3.63, 3.8) is 0 Å². The number of carbonyl (C=O) groups is 3. The first-order valence-electron chi connectivity index (χ1n) is 4.31. The number of likely N-dealkylation sites (N-methyl/N-ethyl adjacent to an activating group) is 1. The second-order valence-electron chi connectivity index (χ2n) is 3.23. The van der Waals surface area contributed by atoms with E-state index < -0.39 is 17.9 Å². The Morgan fingerprint density at radius 3 is 2.79 bits per heavy atom. The Bertz CT molecular complexity index is 277. The Morgan fingerprint density at radius 1 is 1.57 bits per heavy atom. The number of rotatable bonds is 1. The highest BCUT2D eigenvalue weighted by molar-refractivity contribution is 6.32. The third-order valence-corrected chi connectivity index (χ3v) is 2.16. The first-order valence-corrected chi connectivity index (χ1v) is 4.31. The van der Waals surface area contributed by atoms with Crippen LogP contribution in [0, 0.1) is 0 Å². The number of likely N-dealkylation sites (tertiary alicyclic amines) is 1. The normalized spacial score (nSPS) is 21.9. The second kappa shape index (κ2) is 4.08. The van der Waals surface area contributed by atoms with E-state index in [9.17, 15) is 14.4 Å². The number of carboxylic acid groups (broad SMARTS) is 1. The molecule has 0 aromatic rings. The van der Waals surface area contributed by atoms with Crippen molar-refractivity contribution in [3.8, 4) is 0 Å². The quantitative estimate of drug-likeness (QED) is 0.521. The molecule has 0 radical (unpaired) electrons. The van der Waals surface area contributed by atoms with E-state index in [0.29, 0.717) is 13.0 Å². The fourth-order valence-electron chi connectivity index (χ4n) is 1.39. The predicted molar refractivity (Wildman–Crippen MR) is 46.4 cm³/mol. The third-order valence-electron chi connectivity index (χ3n) is 2.16. The number of amides is 2. The average Bonchev–Trinajstić information content (AvgIpc) is 2.12. The topological polar surface area (TPSA) is 86.7 Å². The first-order chi connectivity index (χ1) is 6.52. The van der Waals surface area contributed by atoms with Gasteiger partial charge in [0, 0.05) is 13.6 Å². The largest absolute Gasteiger partial charge is 0.474 e. The van der Waals surface area contributed by atoms with Gasteiger partial charge in [-0.25, -0.2) is 4.79 Å². The van der Waals surface area contributed by atoms with Crippen molar-refractivity contribution in [3.05, 3.63) is 0 Å². The molecule has 1 aliphatic heterocycles. The summed E-state index contributed by atoms with van der Waals surface area (Å²) in [7, 11) is 1.63. The van der Waals surface area contributed by atoms with Gasteiger partial charge in [-0.05, 0) is 12.8 Å². The lowest BCUT2D eigenvalue weighted by Gasteiger charge is -2.29. The molecule has 14 heavy (non-hydrogen) atoms. The average molecular weight is 200 g/mol. The molecule has 0 spiro atoms. The highest BCUT2D eigenvalue weighted by Gasteiger charge is 2.29. The van der Waals surface area contributed by atoms with Crippen LogP contribution in [0.4, 0.5) is 0 Å². The van der Waals surface area contributed by atoms with Crippen LogP contribution in [0.5, 0.6) is 0 Å². The van der Waals surface area contributed by atoms with E-state index in [4.69, 9.17) is 5.11 Å². The summed E-state index contributed by atoms with van der Waals surface area (Å²) >= 11 is 0. The summed E-state index contributed by atoms with van der Waals surface area (Å²) in [5.74, 6) is -2.92. The first kappa shape index (κ1) is 10.5. The van der Waals surface area contributed by atoms with Crippen molar-refractivity contribution >= 4 is 17.8 Å². The van der Waals surface area contributed by atoms with Gasteiger partial charge < -0.3 is 15.3 Å². The van der Waals surface area contributed by atoms with Crippen LogP contribution in [0.15, 0.2) is 0 Å². The number of piperidine rings is 1. The Hall–Kier alpha value is -1.59. The van der Waals surface area contributed by atoms with Gasteiger partial charge in [0.05, 0.1) is 0 Å². The van der Waals surface area contributed by atoms with Crippen LogP contribution in [0.2, 0.25) is 0 Å². The van der Waals surface area contributed by atoms with E-state index in [1.54, 1.807) is 7.05 Å². The minimum atomic E-state index is -1.56. The second-order valence-corrected chi connectivity index (χ2v) is 3.23. The SMILES string of the molecule is CN1CCCC(NC(=O)C(=O)O)C1=O. The molecular formula is C8H12N2O4. The van der Waals surface area contributed by atoms with Crippen LogP contribution in [0.1, 0.15) is 12.8 Å². The number of hydrogen-bond donors (Lipinski definition) is 2. The van der Waals surface area contributed by atoms with E-state index in [-0.39, 0.29) is 5.91 Å². The summed E-state index contributed by atoms with van der Waals surface area (Å²) in [6.07, 6.45) is 1.27. The molecule has 0 bridgehead atoms. The summed E-state index contributed by atoms with van der Waals surface area (Å²) < 4.78 is 0. The van der Waals surface area contributed by atoms with Crippen molar-refractivity contribution in [2.45, 2.75) is 18.9 Å². The monoisotopic (exact) mass is 200 g/mol. The fourth-order valence-corrected chi connectivity index (χ4v) is 1.39. The van der Waals surface area contributed by atoms with Gasteiger partial charge in [0.25, 0.3) is 0 Å². The minimum absolute atomic E-state index is 0.231. The molecule has 6 heteroatoms. The molecule has 6 nitrogen and oxygen atoms in total. The Kier molecular flexibility index (Phi) is 3.06. The summed E-state index contributed by atoms with van der Waals surface area (Å²) in [5.41, 5.74) is 0.